The Labute approximate surface area is 99.3 Å². The first kappa shape index (κ1) is 10.6. The summed E-state index contributed by atoms with van der Waals surface area (Å²) in [5.74, 6) is 0.169. The standard InChI is InChI=1S/C13H14N2O2/c16-13(9-4-7-17-8-9)10-2-1-3-11-12(10)15-6-5-14-11/h1-3,5-6,9,13,16H,4,7-8H2. The minimum atomic E-state index is -0.516. The fraction of sp³-hybridized carbons (Fsp3) is 0.385. The summed E-state index contributed by atoms with van der Waals surface area (Å²) >= 11 is 0. The van der Waals surface area contributed by atoms with E-state index >= 15 is 0 Å². The normalized spacial score (nSPS) is 21.8. The Morgan fingerprint density at radius 1 is 1.29 bits per heavy atom. The predicted molar refractivity (Wildman–Crippen MR) is 63.4 cm³/mol. The molecule has 88 valence electrons. The summed E-state index contributed by atoms with van der Waals surface area (Å²) in [6.07, 6.45) is 3.71. The van der Waals surface area contributed by atoms with Crippen LogP contribution in [-0.4, -0.2) is 28.3 Å². The lowest BCUT2D eigenvalue weighted by Crippen LogP contribution is -2.13. The van der Waals surface area contributed by atoms with Crippen molar-refractivity contribution >= 4 is 11.0 Å². The summed E-state index contributed by atoms with van der Waals surface area (Å²) in [7, 11) is 0. The Bertz CT molecular complexity index is 518. The molecule has 1 aromatic carbocycles. The molecule has 0 radical (unpaired) electrons. The van der Waals surface area contributed by atoms with Crippen LogP contribution in [0.15, 0.2) is 30.6 Å². The molecule has 4 heteroatoms. The first-order chi connectivity index (χ1) is 8.36. The molecule has 1 aliphatic rings. The molecule has 17 heavy (non-hydrogen) atoms. The summed E-state index contributed by atoms with van der Waals surface area (Å²) < 4.78 is 5.32. The van der Waals surface area contributed by atoms with Crippen LogP contribution < -0.4 is 0 Å². The zero-order valence-corrected chi connectivity index (χ0v) is 9.41. The molecule has 4 nitrogen and oxygen atoms in total. The monoisotopic (exact) mass is 230 g/mol. The van der Waals surface area contributed by atoms with Gasteiger partial charge in [-0.25, -0.2) is 0 Å². The molecule has 1 fully saturated rings. The topological polar surface area (TPSA) is 55.2 Å². The van der Waals surface area contributed by atoms with Gasteiger partial charge in [0.05, 0.1) is 23.7 Å². The van der Waals surface area contributed by atoms with Crippen molar-refractivity contribution in [3.8, 4) is 0 Å². The van der Waals surface area contributed by atoms with Gasteiger partial charge in [-0.1, -0.05) is 12.1 Å². The third kappa shape index (κ3) is 1.90. The first-order valence-electron chi connectivity index (χ1n) is 5.82. The second-order valence-corrected chi connectivity index (χ2v) is 4.34. The molecule has 2 heterocycles. The highest BCUT2D eigenvalue weighted by molar-refractivity contribution is 5.77. The summed E-state index contributed by atoms with van der Waals surface area (Å²) in [4.78, 5) is 8.56. The maximum absolute atomic E-state index is 10.4. The Morgan fingerprint density at radius 2 is 2.18 bits per heavy atom. The van der Waals surface area contributed by atoms with Crippen molar-refractivity contribution in [1.82, 2.24) is 9.97 Å². The minimum Gasteiger partial charge on any atom is -0.388 e. The molecule has 2 aromatic rings. The minimum absolute atomic E-state index is 0.169. The van der Waals surface area contributed by atoms with E-state index < -0.39 is 6.10 Å². The quantitative estimate of drug-likeness (QED) is 0.853. The van der Waals surface area contributed by atoms with Crippen LogP contribution >= 0.6 is 0 Å². The number of aliphatic hydroxyl groups is 1. The number of aliphatic hydroxyl groups excluding tert-OH is 1. The molecule has 1 aromatic heterocycles. The number of para-hydroxylation sites is 1. The SMILES string of the molecule is OC(c1cccc2nccnc12)C1CCOC1. The molecule has 0 aliphatic carbocycles. The van der Waals surface area contributed by atoms with Crippen LogP contribution in [0.5, 0.6) is 0 Å². The van der Waals surface area contributed by atoms with Crippen molar-refractivity contribution in [2.45, 2.75) is 12.5 Å². The average Bonchev–Trinajstić information content (AvgIpc) is 2.91. The summed E-state index contributed by atoms with van der Waals surface area (Å²) in [6.45, 7) is 1.36. The Morgan fingerprint density at radius 3 is 3.00 bits per heavy atom. The van der Waals surface area contributed by atoms with Gasteiger partial charge in [-0.05, 0) is 12.5 Å². The molecule has 2 unspecified atom stereocenters. The molecular formula is C13H14N2O2. The summed E-state index contributed by atoms with van der Waals surface area (Å²) in [6, 6.07) is 5.73. The average molecular weight is 230 g/mol. The van der Waals surface area contributed by atoms with Gasteiger partial charge in [0.25, 0.3) is 0 Å². The highest BCUT2D eigenvalue weighted by Crippen LogP contribution is 2.31. The third-order valence-corrected chi connectivity index (χ3v) is 3.26. The van der Waals surface area contributed by atoms with Crippen LogP contribution in [0.1, 0.15) is 18.1 Å². The smallest absolute Gasteiger partial charge is 0.0944 e. The molecule has 1 saturated heterocycles. The van der Waals surface area contributed by atoms with Crippen LogP contribution in [0.3, 0.4) is 0 Å². The molecular weight excluding hydrogens is 216 g/mol. The van der Waals surface area contributed by atoms with E-state index in [1.54, 1.807) is 12.4 Å². The molecule has 0 amide bonds. The van der Waals surface area contributed by atoms with Crippen molar-refractivity contribution in [3.63, 3.8) is 0 Å². The molecule has 2 atom stereocenters. The lowest BCUT2D eigenvalue weighted by atomic mass is 9.94. The Kier molecular flexibility index (Phi) is 2.74. The number of hydrogen-bond donors (Lipinski definition) is 1. The Hall–Kier alpha value is -1.52. The van der Waals surface area contributed by atoms with E-state index in [-0.39, 0.29) is 5.92 Å². The number of aromatic nitrogens is 2. The van der Waals surface area contributed by atoms with E-state index in [9.17, 15) is 5.11 Å². The highest BCUT2D eigenvalue weighted by atomic mass is 16.5. The molecule has 0 saturated carbocycles. The fourth-order valence-electron chi connectivity index (χ4n) is 2.31. The zero-order chi connectivity index (χ0) is 11.7. The maximum atomic E-state index is 10.4. The number of ether oxygens (including phenoxy) is 1. The largest absolute Gasteiger partial charge is 0.388 e. The van der Waals surface area contributed by atoms with Crippen LogP contribution in [0, 0.1) is 5.92 Å². The van der Waals surface area contributed by atoms with Gasteiger partial charge in [-0.15, -0.1) is 0 Å². The van der Waals surface area contributed by atoms with E-state index in [1.807, 2.05) is 18.2 Å². The third-order valence-electron chi connectivity index (χ3n) is 3.26. The van der Waals surface area contributed by atoms with Gasteiger partial charge in [0, 0.05) is 30.5 Å². The lowest BCUT2D eigenvalue weighted by molar-refractivity contribution is 0.0927. The molecule has 1 N–H and O–H groups in total. The van der Waals surface area contributed by atoms with Gasteiger partial charge in [-0.2, -0.15) is 0 Å². The van der Waals surface area contributed by atoms with E-state index in [1.165, 1.54) is 0 Å². The Balaban J connectivity index is 2.04. The lowest BCUT2D eigenvalue weighted by Gasteiger charge is -2.17. The van der Waals surface area contributed by atoms with Crippen LogP contribution in [0.25, 0.3) is 11.0 Å². The van der Waals surface area contributed by atoms with Gasteiger partial charge in [0.15, 0.2) is 0 Å². The van der Waals surface area contributed by atoms with Crippen molar-refractivity contribution in [2.75, 3.05) is 13.2 Å². The van der Waals surface area contributed by atoms with Crippen molar-refractivity contribution in [2.24, 2.45) is 5.92 Å². The van der Waals surface area contributed by atoms with Crippen molar-refractivity contribution in [1.29, 1.82) is 0 Å². The van der Waals surface area contributed by atoms with Crippen LogP contribution in [0.4, 0.5) is 0 Å². The number of hydrogen-bond acceptors (Lipinski definition) is 4. The van der Waals surface area contributed by atoms with Gasteiger partial charge in [0.2, 0.25) is 0 Å². The van der Waals surface area contributed by atoms with Gasteiger partial charge < -0.3 is 9.84 Å². The second kappa shape index (κ2) is 4.39. The predicted octanol–water partition coefficient (Wildman–Crippen LogP) is 1.70. The van der Waals surface area contributed by atoms with Gasteiger partial charge in [0.1, 0.15) is 0 Å². The van der Waals surface area contributed by atoms with Gasteiger partial charge >= 0.3 is 0 Å². The van der Waals surface area contributed by atoms with Crippen molar-refractivity contribution < 1.29 is 9.84 Å². The number of nitrogens with zero attached hydrogens (tertiary/aromatic N) is 2. The van der Waals surface area contributed by atoms with E-state index in [0.717, 1.165) is 29.6 Å². The number of benzene rings is 1. The van der Waals surface area contributed by atoms with E-state index in [2.05, 4.69) is 9.97 Å². The number of rotatable bonds is 2. The van der Waals surface area contributed by atoms with Crippen molar-refractivity contribution in [3.05, 3.63) is 36.2 Å². The first-order valence-corrected chi connectivity index (χ1v) is 5.82. The maximum Gasteiger partial charge on any atom is 0.0944 e. The number of fused-ring (bicyclic) bond motifs is 1. The van der Waals surface area contributed by atoms with Crippen LogP contribution in [-0.2, 0) is 4.74 Å². The molecule has 0 spiro atoms. The highest BCUT2D eigenvalue weighted by Gasteiger charge is 2.26. The van der Waals surface area contributed by atoms with E-state index in [0.29, 0.717) is 6.61 Å². The molecule has 1 aliphatic heterocycles. The van der Waals surface area contributed by atoms with Gasteiger partial charge in [-0.3, -0.25) is 9.97 Å². The van der Waals surface area contributed by atoms with Crippen LogP contribution in [0.2, 0.25) is 0 Å². The zero-order valence-electron chi connectivity index (χ0n) is 9.41. The van der Waals surface area contributed by atoms with E-state index in [4.69, 9.17) is 4.74 Å². The second-order valence-electron chi connectivity index (χ2n) is 4.34. The fourth-order valence-corrected chi connectivity index (χ4v) is 2.31. The summed E-state index contributed by atoms with van der Waals surface area (Å²) in [5, 5.41) is 10.4. The summed E-state index contributed by atoms with van der Waals surface area (Å²) in [5.41, 5.74) is 2.46. The molecule has 0 bridgehead atoms. The molecule has 3 rings (SSSR count).